The van der Waals surface area contributed by atoms with Gasteiger partial charge in [-0.05, 0) is 70.9 Å². The summed E-state index contributed by atoms with van der Waals surface area (Å²) in [5.41, 5.74) is 3.96. The van der Waals surface area contributed by atoms with Gasteiger partial charge < -0.3 is 9.84 Å². The summed E-state index contributed by atoms with van der Waals surface area (Å²) in [4.78, 5) is 56.0. The third-order valence-electron chi connectivity index (χ3n) is 9.31. The van der Waals surface area contributed by atoms with Gasteiger partial charge in [-0.25, -0.2) is 4.90 Å². The SMILES string of the molecule is Cc1ccc(N2C(=O)[C@H]3[C@H](CC=C4[C@H](c5ccc(OCc6ccccc6)cc5O)C5=C(C[C@H]43)C(=O)C(Br)=CC5=O)C2=O)cc1Cl. The van der Waals surface area contributed by atoms with Gasteiger partial charge >= 0.3 is 0 Å². The molecule has 0 bridgehead atoms. The normalized spacial score (nSPS) is 24.2. The van der Waals surface area contributed by atoms with Crippen LogP contribution in [0.4, 0.5) is 5.69 Å². The van der Waals surface area contributed by atoms with Crippen LogP contribution in [0.2, 0.25) is 5.02 Å². The number of ether oxygens (including phenoxy) is 1. The summed E-state index contributed by atoms with van der Waals surface area (Å²) in [6, 6.07) is 19.6. The van der Waals surface area contributed by atoms with Gasteiger partial charge in [-0.3, -0.25) is 19.2 Å². The maximum absolute atomic E-state index is 14.1. The monoisotopic (exact) mass is 683 g/mol. The Hall–Kier alpha value is -4.27. The summed E-state index contributed by atoms with van der Waals surface area (Å²) in [5.74, 6) is -3.67. The zero-order chi connectivity index (χ0) is 31.6. The Morgan fingerprint density at radius 2 is 1.76 bits per heavy atom. The number of hydrogen-bond donors (Lipinski definition) is 1. The fraction of sp³-hybridized carbons (Fsp3) is 0.222. The molecule has 0 radical (unpaired) electrons. The molecular weight excluding hydrogens is 658 g/mol. The van der Waals surface area contributed by atoms with E-state index in [2.05, 4.69) is 15.9 Å². The minimum atomic E-state index is -0.776. The Kier molecular flexibility index (Phi) is 7.37. The van der Waals surface area contributed by atoms with Crippen molar-refractivity contribution in [3.8, 4) is 11.5 Å². The second kappa shape index (κ2) is 11.3. The number of ketones is 2. The first-order chi connectivity index (χ1) is 21.6. The minimum Gasteiger partial charge on any atom is -0.507 e. The molecule has 1 saturated heterocycles. The number of aromatic hydroxyl groups is 1. The maximum atomic E-state index is 14.1. The Bertz CT molecular complexity index is 1910. The van der Waals surface area contributed by atoms with E-state index in [4.69, 9.17) is 16.3 Å². The van der Waals surface area contributed by atoms with Gasteiger partial charge in [-0.15, -0.1) is 0 Å². The van der Waals surface area contributed by atoms with Crippen molar-refractivity contribution in [3.63, 3.8) is 0 Å². The highest BCUT2D eigenvalue weighted by atomic mass is 79.9. The molecule has 3 aromatic rings. The molecule has 9 heteroatoms. The summed E-state index contributed by atoms with van der Waals surface area (Å²) in [7, 11) is 0. The molecule has 4 atom stereocenters. The minimum absolute atomic E-state index is 0.0975. The van der Waals surface area contributed by atoms with Crippen LogP contribution in [0.3, 0.4) is 0 Å². The number of phenols is 1. The van der Waals surface area contributed by atoms with Crippen LogP contribution < -0.4 is 9.64 Å². The standard InChI is InChI=1S/C36H27BrClNO6/c1-18-7-8-20(13-28(18)38)39-35(43)24-12-11-22-25(32(24)36(39)44)15-26-33(30(41)16-27(37)34(26)42)31(22)23-10-9-21(14-29(23)40)45-17-19-5-3-2-4-6-19/h2-11,13-14,16,24-25,31-32,40H,12,15,17H2,1H3/t24-,25+,31+,32-/m0/s1. The highest BCUT2D eigenvalue weighted by Gasteiger charge is 2.57. The van der Waals surface area contributed by atoms with Crippen LogP contribution in [0.25, 0.3) is 0 Å². The average Bonchev–Trinajstić information content (AvgIpc) is 3.29. The van der Waals surface area contributed by atoms with E-state index in [1.165, 1.54) is 17.0 Å². The summed E-state index contributed by atoms with van der Waals surface area (Å²) in [6.07, 6.45) is 3.60. The van der Waals surface area contributed by atoms with Gasteiger partial charge in [-0.2, -0.15) is 0 Å². The fourth-order valence-corrected chi connectivity index (χ4v) is 7.76. The molecule has 0 unspecified atom stereocenters. The molecule has 1 N–H and O–H groups in total. The summed E-state index contributed by atoms with van der Waals surface area (Å²) < 4.78 is 6.05. The molecule has 7 nitrogen and oxygen atoms in total. The average molecular weight is 685 g/mol. The van der Waals surface area contributed by atoms with Gasteiger partial charge in [0.05, 0.1) is 22.0 Å². The van der Waals surface area contributed by atoms with Gasteiger partial charge in [-0.1, -0.05) is 65.7 Å². The zero-order valence-corrected chi connectivity index (χ0v) is 26.5. The van der Waals surface area contributed by atoms with E-state index in [0.29, 0.717) is 34.2 Å². The first-order valence-corrected chi connectivity index (χ1v) is 15.8. The largest absolute Gasteiger partial charge is 0.507 e. The Balaban J connectivity index is 1.28. The van der Waals surface area contributed by atoms with Gasteiger partial charge in [0.25, 0.3) is 0 Å². The number of nitrogens with zero attached hydrogens (tertiary/aromatic N) is 1. The molecular formula is C36H27BrClNO6. The maximum Gasteiger partial charge on any atom is 0.238 e. The van der Waals surface area contributed by atoms with Crippen molar-refractivity contribution in [2.24, 2.45) is 17.8 Å². The number of carbonyl (C=O) groups excluding carboxylic acids is 4. The van der Waals surface area contributed by atoms with Crippen LogP contribution in [-0.4, -0.2) is 28.5 Å². The topological polar surface area (TPSA) is 101 Å². The lowest BCUT2D eigenvalue weighted by molar-refractivity contribution is -0.123. The second-order valence-corrected chi connectivity index (χ2v) is 13.1. The van der Waals surface area contributed by atoms with Crippen molar-refractivity contribution in [1.82, 2.24) is 0 Å². The van der Waals surface area contributed by atoms with Gasteiger partial charge in [0.15, 0.2) is 11.6 Å². The van der Waals surface area contributed by atoms with Crippen LogP contribution in [-0.2, 0) is 25.8 Å². The molecule has 0 saturated carbocycles. The number of aryl methyl sites for hydroxylation is 1. The van der Waals surface area contributed by atoms with Crippen molar-refractivity contribution in [1.29, 1.82) is 0 Å². The molecule has 1 aliphatic heterocycles. The molecule has 0 spiro atoms. The second-order valence-electron chi connectivity index (χ2n) is 11.8. The van der Waals surface area contributed by atoms with Gasteiger partial charge in [0.2, 0.25) is 11.8 Å². The van der Waals surface area contributed by atoms with E-state index in [-0.39, 0.29) is 52.0 Å². The number of carbonyl (C=O) groups is 4. The number of benzene rings is 3. The smallest absolute Gasteiger partial charge is 0.238 e. The molecule has 1 heterocycles. The number of hydrogen-bond acceptors (Lipinski definition) is 6. The molecule has 45 heavy (non-hydrogen) atoms. The summed E-state index contributed by atoms with van der Waals surface area (Å²) >= 11 is 9.60. The number of amides is 2. The van der Waals surface area contributed by atoms with E-state index < -0.39 is 23.7 Å². The van der Waals surface area contributed by atoms with Crippen molar-refractivity contribution in [3.05, 3.63) is 122 Å². The van der Waals surface area contributed by atoms with Crippen LogP contribution in [0.1, 0.15) is 35.4 Å². The number of imide groups is 1. The van der Waals surface area contributed by atoms with Crippen LogP contribution in [0, 0.1) is 24.7 Å². The van der Waals surface area contributed by atoms with Crippen LogP contribution >= 0.6 is 27.5 Å². The predicted octanol–water partition coefficient (Wildman–Crippen LogP) is 6.90. The van der Waals surface area contributed by atoms with Gasteiger partial charge in [0, 0.05) is 39.8 Å². The van der Waals surface area contributed by atoms with Crippen molar-refractivity contribution < 1.29 is 29.0 Å². The number of Topliss-reactive ketones (excluding diaryl/α,β-unsaturated/α-hetero) is 1. The predicted molar refractivity (Wildman–Crippen MR) is 172 cm³/mol. The quantitative estimate of drug-likeness (QED) is 0.178. The summed E-state index contributed by atoms with van der Waals surface area (Å²) in [5, 5.41) is 11.8. The number of allylic oxidation sites excluding steroid dienone is 6. The lowest BCUT2D eigenvalue weighted by Gasteiger charge is -2.42. The molecule has 1 fully saturated rings. The lowest BCUT2D eigenvalue weighted by Crippen LogP contribution is -2.39. The van der Waals surface area contributed by atoms with Crippen LogP contribution in [0.5, 0.6) is 11.5 Å². The fourth-order valence-electron chi connectivity index (χ4n) is 7.14. The van der Waals surface area contributed by atoms with Crippen LogP contribution in [0.15, 0.2) is 100 Å². The lowest BCUT2D eigenvalue weighted by atomic mass is 9.59. The Labute approximate surface area is 273 Å². The van der Waals surface area contributed by atoms with E-state index in [1.54, 1.807) is 30.3 Å². The highest BCUT2D eigenvalue weighted by Crippen LogP contribution is 2.56. The molecule has 0 aromatic heterocycles. The van der Waals surface area contributed by atoms with E-state index in [0.717, 1.165) is 16.7 Å². The van der Waals surface area contributed by atoms with Gasteiger partial charge in [0.1, 0.15) is 18.1 Å². The van der Waals surface area contributed by atoms with Crippen molar-refractivity contribution in [2.45, 2.75) is 32.3 Å². The molecule has 3 aliphatic carbocycles. The van der Waals surface area contributed by atoms with Crippen molar-refractivity contribution in [2.75, 3.05) is 4.90 Å². The first-order valence-electron chi connectivity index (χ1n) is 14.7. The van der Waals surface area contributed by atoms with Crippen molar-refractivity contribution >= 4 is 56.6 Å². The number of fused-ring (bicyclic) bond motifs is 3. The third kappa shape index (κ3) is 4.87. The number of halogens is 2. The molecule has 7 rings (SSSR count). The molecule has 4 aliphatic rings. The summed E-state index contributed by atoms with van der Waals surface area (Å²) in [6.45, 7) is 2.15. The molecule has 2 amide bonds. The van der Waals surface area contributed by atoms with E-state index >= 15 is 0 Å². The Morgan fingerprint density at radius 3 is 2.49 bits per heavy atom. The van der Waals surface area contributed by atoms with E-state index in [1.807, 2.05) is 43.3 Å². The third-order valence-corrected chi connectivity index (χ3v) is 10.3. The Morgan fingerprint density at radius 1 is 0.978 bits per heavy atom. The first kappa shape index (κ1) is 29.4. The molecule has 3 aromatic carbocycles. The highest BCUT2D eigenvalue weighted by molar-refractivity contribution is 9.12. The number of phenolic OH excluding ortho intramolecular Hbond substituents is 1. The van der Waals surface area contributed by atoms with E-state index in [9.17, 15) is 24.3 Å². The molecule has 226 valence electrons. The zero-order valence-electron chi connectivity index (χ0n) is 24.1. The number of rotatable bonds is 5. The number of anilines is 1.